The molecular weight excluding hydrogens is 333 g/mol. The number of methoxy groups -OCH3 is 1. The Balaban J connectivity index is 2.55. The highest BCUT2D eigenvalue weighted by Crippen LogP contribution is 2.33. The largest absolute Gasteiger partial charge is 0.496 e. The van der Waals surface area contributed by atoms with E-state index < -0.39 is 0 Å². The van der Waals surface area contributed by atoms with E-state index in [2.05, 4.69) is 40.3 Å². The summed E-state index contributed by atoms with van der Waals surface area (Å²) in [6, 6.07) is 10.6. The van der Waals surface area contributed by atoms with Crippen molar-refractivity contribution in [3.05, 3.63) is 63.4 Å². The third-order valence-corrected chi connectivity index (χ3v) is 3.95. The molecule has 0 amide bonds. The van der Waals surface area contributed by atoms with Gasteiger partial charge in [0.05, 0.1) is 13.2 Å². The molecule has 2 aromatic rings. The van der Waals surface area contributed by atoms with Crippen molar-refractivity contribution in [2.75, 3.05) is 13.7 Å². The zero-order valence-electron chi connectivity index (χ0n) is 12.4. The van der Waals surface area contributed by atoms with E-state index in [0.29, 0.717) is 5.75 Å². The van der Waals surface area contributed by atoms with Gasteiger partial charge >= 0.3 is 0 Å². The highest BCUT2D eigenvalue weighted by Gasteiger charge is 2.20. The molecule has 0 aliphatic carbocycles. The van der Waals surface area contributed by atoms with Gasteiger partial charge in [-0.25, -0.2) is 4.39 Å². The summed E-state index contributed by atoms with van der Waals surface area (Å²) >= 11 is 3.48. The lowest BCUT2D eigenvalue weighted by atomic mass is 9.94. The fraction of sp³-hybridized carbons (Fsp3) is 0.294. The Morgan fingerprint density at radius 1 is 1.19 bits per heavy atom. The average Bonchev–Trinajstić information content (AvgIpc) is 2.45. The van der Waals surface area contributed by atoms with E-state index >= 15 is 0 Å². The van der Waals surface area contributed by atoms with E-state index in [4.69, 9.17) is 4.74 Å². The Morgan fingerprint density at radius 2 is 1.95 bits per heavy atom. The molecule has 2 aromatic carbocycles. The van der Waals surface area contributed by atoms with Crippen LogP contribution >= 0.6 is 15.9 Å². The van der Waals surface area contributed by atoms with Crippen molar-refractivity contribution in [1.82, 2.24) is 5.32 Å². The smallest absolute Gasteiger partial charge is 0.124 e. The van der Waals surface area contributed by atoms with Gasteiger partial charge in [-0.05, 0) is 54.9 Å². The maximum absolute atomic E-state index is 13.7. The van der Waals surface area contributed by atoms with Gasteiger partial charge in [0.2, 0.25) is 0 Å². The molecule has 0 fully saturated rings. The maximum Gasteiger partial charge on any atom is 0.124 e. The predicted molar refractivity (Wildman–Crippen MR) is 87.4 cm³/mol. The average molecular weight is 352 g/mol. The fourth-order valence-corrected chi connectivity index (χ4v) is 2.96. The van der Waals surface area contributed by atoms with Crippen LogP contribution in [0, 0.1) is 12.7 Å². The number of hydrogen-bond donors (Lipinski definition) is 1. The van der Waals surface area contributed by atoms with E-state index in [-0.39, 0.29) is 11.9 Å². The zero-order valence-corrected chi connectivity index (χ0v) is 14.0. The van der Waals surface area contributed by atoms with Crippen molar-refractivity contribution in [2.45, 2.75) is 19.9 Å². The second-order valence-corrected chi connectivity index (χ2v) is 5.79. The molecule has 0 aromatic heterocycles. The SMILES string of the molecule is CCNC(c1ccc(Br)cc1C)c1cc(F)ccc1OC. The van der Waals surface area contributed by atoms with Gasteiger partial charge in [-0.15, -0.1) is 0 Å². The number of ether oxygens (including phenoxy) is 1. The number of aryl methyl sites for hydroxylation is 1. The topological polar surface area (TPSA) is 21.3 Å². The summed E-state index contributed by atoms with van der Waals surface area (Å²) in [5, 5.41) is 3.42. The number of rotatable bonds is 5. The van der Waals surface area contributed by atoms with Crippen LogP contribution in [0.3, 0.4) is 0 Å². The molecule has 0 saturated carbocycles. The van der Waals surface area contributed by atoms with E-state index in [1.165, 1.54) is 12.1 Å². The summed E-state index contributed by atoms with van der Waals surface area (Å²) in [5.74, 6) is 0.424. The van der Waals surface area contributed by atoms with E-state index in [1.54, 1.807) is 13.2 Å². The third kappa shape index (κ3) is 3.63. The van der Waals surface area contributed by atoms with Crippen LogP contribution in [0.4, 0.5) is 4.39 Å². The first kappa shape index (κ1) is 16.0. The van der Waals surface area contributed by atoms with E-state index in [0.717, 1.165) is 27.7 Å². The maximum atomic E-state index is 13.7. The molecule has 0 aliphatic rings. The van der Waals surface area contributed by atoms with Crippen molar-refractivity contribution >= 4 is 15.9 Å². The molecule has 112 valence electrons. The normalized spacial score (nSPS) is 12.2. The standard InChI is InChI=1S/C17H19BrFNO/c1-4-20-17(14-7-5-12(18)9-11(14)2)15-10-13(19)6-8-16(15)21-3/h5-10,17,20H,4H2,1-3H3. The summed E-state index contributed by atoms with van der Waals surface area (Å²) in [4.78, 5) is 0. The van der Waals surface area contributed by atoms with Crippen molar-refractivity contribution in [3.63, 3.8) is 0 Å². The van der Waals surface area contributed by atoms with Crippen molar-refractivity contribution in [3.8, 4) is 5.75 Å². The molecule has 1 atom stereocenters. The van der Waals surface area contributed by atoms with Crippen molar-refractivity contribution in [2.24, 2.45) is 0 Å². The molecule has 2 nitrogen and oxygen atoms in total. The lowest BCUT2D eigenvalue weighted by Crippen LogP contribution is -2.23. The molecule has 0 heterocycles. The van der Waals surface area contributed by atoms with Gasteiger partial charge in [-0.1, -0.05) is 28.9 Å². The van der Waals surface area contributed by atoms with Gasteiger partial charge in [-0.3, -0.25) is 0 Å². The van der Waals surface area contributed by atoms with Crippen molar-refractivity contribution in [1.29, 1.82) is 0 Å². The molecule has 0 spiro atoms. The Hall–Kier alpha value is -1.39. The van der Waals surface area contributed by atoms with E-state index in [9.17, 15) is 4.39 Å². The molecule has 1 N–H and O–H groups in total. The van der Waals surface area contributed by atoms with Gasteiger partial charge in [0, 0.05) is 10.0 Å². The predicted octanol–water partition coefficient (Wildman–Crippen LogP) is 4.60. The summed E-state index contributed by atoms with van der Waals surface area (Å²) in [6.07, 6.45) is 0. The van der Waals surface area contributed by atoms with Gasteiger partial charge in [0.25, 0.3) is 0 Å². The summed E-state index contributed by atoms with van der Waals surface area (Å²) in [5.41, 5.74) is 3.07. The fourth-order valence-electron chi connectivity index (χ4n) is 2.49. The monoisotopic (exact) mass is 351 g/mol. The quantitative estimate of drug-likeness (QED) is 0.849. The summed E-state index contributed by atoms with van der Waals surface area (Å²) in [7, 11) is 1.61. The minimum atomic E-state index is -0.261. The first-order chi connectivity index (χ1) is 10.1. The molecule has 4 heteroatoms. The Kier molecular flexibility index (Phi) is 5.37. The Morgan fingerprint density at radius 3 is 2.57 bits per heavy atom. The number of halogens is 2. The lowest BCUT2D eigenvalue weighted by molar-refractivity contribution is 0.402. The van der Waals surface area contributed by atoms with Crippen molar-refractivity contribution < 1.29 is 9.13 Å². The number of benzene rings is 2. The van der Waals surface area contributed by atoms with E-state index in [1.807, 2.05) is 13.0 Å². The minimum absolute atomic E-state index is 0.103. The van der Waals surface area contributed by atoms with Crippen LogP contribution in [-0.2, 0) is 0 Å². The molecule has 0 saturated heterocycles. The van der Waals surface area contributed by atoms with Crippen LogP contribution in [0.25, 0.3) is 0 Å². The lowest BCUT2D eigenvalue weighted by Gasteiger charge is -2.23. The minimum Gasteiger partial charge on any atom is -0.496 e. The van der Waals surface area contributed by atoms with Crippen LogP contribution in [-0.4, -0.2) is 13.7 Å². The first-order valence-corrected chi connectivity index (χ1v) is 7.69. The summed E-state index contributed by atoms with van der Waals surface area (Å²) < 4.78 is 20.1. The van der Waals surface area contributed by atoms with Crippen LogP contribution in [0.5, 0.6) is 5.75 Å². The number of nitrogens with one attached hydrogen (secondary N) is 1. The van der Waals surface area contributed by atoms with Crippen LogP contribution in [0.1, 0.15) is 29.7 Å². The van der Waals surface area contributed by atoms with Gasteiger partial charge in [-0.2, -0.15) is 0 Å². The summed E-state index contributed by atoms with van der Waals surface area (Å²) in [6.45, 7) is 4.86. The van der Waals surface area contributed by atoms with Gasteiger partial charge in [0.15, 0.2) is 0 Å². The molecule has 0 aliphatic heterocycles. The molecule has 0 bridgehead atoms. The molecule has 1 unspecified atom stereocenters. The Labute approximate surface area is 133 Å². The third-order valence-electron chi connectivity index (χ3n) is 3.45. The number of hydrogen-bond acceptors (Lipinski definition) is 2. The highest BCUT2D eigenvalue weighted by molar-refractivity contribution is 9.10. The van der Waals surface area contributed by atoms with Crippen LogP contribution in [0.2, 0.25) is 0 Å². The molecule has 0 radical (unpaired) electrons. The van der Waals surface area contributed by atoms with Gasteiger partial charge < -0.3 is 10.1 Å². The molecular formula is C17H19BrFNO. The first-order valence-electron chi connectivity index (χ1n) is 6.89. The van der Waals surface area contributed by atoms with Crippen LogP contribution < -0.4 is 10.1 Å². The Bertz CT molecular complexity index is 630. The zero-order chi connectivity index (χ0) is 15.4. The van der Waals surface area contributed by atoms with Crippen LogP contribution in [0.15, 0.2) is 40.9 Å². The molecule has 2 rings (SSSR count). The second kappa shape index (κ2) is 7.05. The second-order valence-electron chi connectivity index (χ2n) is 4.88. The van der Waals surface area contributed by atoms with Gasteiger partial charge in [0.1, 0.15) is 11.6 Å². The highest BCUT2D eigenvalue weighted by atomic mass is 79.9. The molecule has 21 heavy (non-hydrogen) atoms.